The van der Waals surface area contributed by atoms with Crippen molar-refractivity contribution in [1.82, 2.24) is 4.57 Å². The predicted molar refractivity (Wildman–Crippen MR) is 102 cm³/mol. The molecule has 1 fully saturated rings. The van der Waals surface area contributed by atoms with Gasteiger partial charge in [-0.2, -0.15) is 5.26 Å². The number of carbonyl (C=O) groups excluding carboxylic acids is 1. The minimum absolute atomic E-state index is 0.0302. The van der Waals surface area contributed by atoms with Gasteiger partial charge in [0.05, 0.1) is 18.2 Å². The third-order valence-corrected chi connectivity index (χ3v) is 4.97. The highest BCUT2D eigenvalue weighted by molar-refractivity contribution is 6.03. The molecule has 0 spiro atoms. The molecule has 1 aromatic carbocycles. The Kier molecular flexibility index (Phi) is 5.99. The number of aromatic nitrogens is 1. The molecule has 1 saturated heterocycles. The molecule has 1 N–H and O–H groups in total. The molecule has 1 aromatic heterocycles. The number of carbonyl (C=O) groups is 1. The van der Waals surface area contributed by atoms with Gasteiger partial charge in [0, 0.05) is 6.61 Å². The molecule has 2 heterocycles. The van der Waals surface area contributed by atoms with Crippen LogP contribution in [0.3, 0.4) is 0 Å². The molecule has 2 unspecified atom stereocenters. The van der Waals surface area contributed by atoms with E-state index in [9.17, 15) is 24.3 Å². The number of para-hydroxylation sites is 1. The molecule has 8 heteroatoms. The molecule has 3 rings (SSSR count). The van der Waals surface area contributed by atoms with Crippen LogP contribution in [0.15, 0.2) is 29.1 Å². The standard InChI is InChI=1S/C21H21FN2O5/c1-12-15(10-23)20(26)24(11-14-6-5-9-28-14)21(27)18(12)19(25)13(2)29-17-8-4-3-7-16(17)22/h3-4,7-8,13-14,27H,5-6,9,11H2,1-2H3. The van der Waals surface area contributed by atoms with Crippen LogP contribution in [0, 0.1) is 24.1 Å². The zero-order chi connectivity index (χ0) is 21.1. The number of nitriles is 1. The van der Waals surface area contributed by atoms with E-state index in [-0.39, 0.29) is 35.1 Å². The lowest BCUT2D eigenvalue weighted by Gasteiger charge is -2.20. The summed E-state index contributed by atoms with van der Waals surface area (Å²) in [5.41, 5.74) is -1.05. The summed E-state index contributed by atoms with van der Waals surface area (Å²) >= 11 is 0. The summed E-state index contributed by atoms with van der Waals surface area (Å²) in [5, 5.41) is 20.1. The minimum atomic E-state index is -1.16. The largest absolute Gasteiger partial charge is 0.494 e. The zero-order valence-corrected chi connectivity index (χ0v) is 16.1. The maximum absolute atomic E-state index is 13.8. The Labute approximate surface area is 166 Å². The molecule has 2 aromatic rings. The lowest BCUT2D eigenvalue weighted by atomic mass is 9.99. The molecule has 0 radical (unpaired) electrons. The van der Waals surface area contributed by atoms with E-state index in [1.807, 2.05) is 6.07 Å². The van der Waals surface area contributed by atoms with Crippen molar-refractivity contribution in [2.24, 2.45) is 0 Å². The van der Waals surface area contributed by atoms with E-state index in [0.717, 1.165) is 11.0 Å². The lowest BCUT2D eigenvalue weighted by molar-refractivity contribution is 0.0799. The number of Topliss-reactive ketones (excluding diaryl/α,β-unsaturated/α-hetero) is 1. The van der Waals surface area contributed by atoms with Crippen LogP contribution < -0.4 is 10.3 Å². The quantitative estimate of drug-likeness (QED) is 0.748. The molecule has 29 heavy (non-hydrogen) atoms. The molecule has 1 aliphatic rings. The number of aromatic hydroxyl groups is 1. The molecule has 2 atom stereocenters. The smallest absolute Gasteiger partial charge is 0.271 e. The summed E-state index contributed by atoms with van der Waals surface area (Å²) in [4.78, 5) is 25.6. The van der Waals surface area contributed by atoms with Crippen molar-refractivity contribution in [3.63, 3.8) is 0 Å². The van der Waals surface area contributed by atoms with E-state index in [4.69, 9.17) is 9.47 Å². The molecule has 0 aliphatic carbocycles. The Morgan fingerprint density at radius 2 is 2.21 bits per heavy atom. The molecule has 1 aliphatic heterocycles. The van der Waals surface area contributed by atoms with Gasteiger partial charge < -0.3 is 14.6 Å². The first kappa shape index (κ1) is 20.6. The second-order valence-electron chi connectivity index (χ2n) is 6.92. The summed E-state index contributed by atoms with van der Waals surface area (Å²) in [5.74, 6) is -1.95. The maximum atomic E-state index is 13.8. The summed E-state index contributed by atoms with van der Waals surface area (Å²) in [6, 6.07) is 7.44. The van der Waals surface area contributed by atoms with E-state index in [2.05, 4.69) is 0 Å². The van der Waals surface area contributed by atoms with Crippen molar-refractivity contribution in [1.29, 1.82) is 5.26 Å². The van der Waals surface area contributed by atoms with E-state index < -0.39 is 29.1 Å². The van der Waals surface area contributed by atoms with Crippen LogP contribution in [-0.4, -0.2) is 34.3 Å². The Morgan fingerprint density at radius 1 is 1.48 bits per heavy atom. The van der Waals surface area contributed by atoms with Gasteiger partial charge in [0.1, 0.15) is 11.6 Å². The SMILES string of the molecule is Cc1c(C(=O)C(C)Oc2ccccc2F)c(O)n(CC2CCCO2)c(=O)c1C#N. The Bertz CT molecular complexity index is 1030. The third-order valence-electron chi connectivity index (χ3n) is 4.97. The fourth-order valence-corrected chi connectivity index (χ4v) is 3.39. The second-order valence-corrected chi connectivity index (χ2v) is 6.92. The molecule has 0 amide bonds. The van der Waals surface area contributed by atoms with Crippen LogP contribution in [0.25, 0.3) is 0 Å². The van der Waals surface area contributed by atoms with Gasteiger partial charge in [-0.1, -0.05) is 12.1 Å². The first-order valence-corrected chi connectivity index (χ1v) is 9.28. The molecule has 0 saturated carbocycles. The highest BCUT2D eigenvalue weighted by atomic mass is 19.1. The number of halogens is 1. The number of ether oxygens (including phenoxy) is 2. The fraction of sp³-hybridized carbons (Fsp3) is 0.381. The van der Waals surface area contributed by atoms with Crippen LogP contribution in [0.1, 0.15) is 41.3 Å². The van der Waals surface area contributed by atoms with E-state index in [1.165, 1.54) is 32.0 Å². The highest BCUT2D eigenvalue weighted by Crippen LogP contribution is 2.27. The lowest BCUT2D eigenvalue weighted by Crippen LogP contribution is -2.33. The third kappa shape index (κ3) is 4.00. The van der Waals surface area contributed by atoms with E-state index in [0.29, 0.717) is 13.0 Å². The van der Waals surface area contributed by atoms with Gasteiger partial charge in [-0.25, -0.2) is 4.39 Å². The Morgan fingerprint density at radius 3 is 2.83 bits per heavy atom. The van der Waals surface area contributed by atoms with Crippen LogP contribution in [-0.2, 0) is 11.3 Å². The van der Waals surface area contributed by atoms with Crippen molar-refractivity contribution in [2.45, 2.75) is 45.4 Å². The van der Waals surface area contributed by atoms with Gasteiger partial charge in [-0.05, 0) is 44.4 Å². The minimum Gasteiger partial charge on any atom is -0.494 e. The first-order valence-electron chi connectivity index (χ1n) is 9.28. The number of hydrogen-bond acceptors (Lipinski definition) is 6. The van der Waals surface area contributed by atoms with E-state index in [1.54, 1.807) is 6.07 Å². The number of ketones is 1. The van der Waals surface area contributed by atoms with Crippen molar-refractivity contribution in [3.05, 3.63) is 57.1 Å². The molecule has 0 bridgehead atoms. The maximum Gasteiger partial charge on any atom is 0.271 e. The number of benzene rings is 1. The molecular formula is C21H21FN2O5. The van der Waals surface area contributed by atoms with Gasteiger partial charge in [0.15, 0.2) is 17.7 Å². The Balaban J connectivity index is 2.01. The highest BCUT2D eigenvalue weighted by Gasteiger charge is 2.30. The van der Waals surface area contributed by atoms with Gasteiger partial charge in [-0.3, -0.25) is 14.2 Å². The van der Waals surface area contributed by atoms with Crippen molar-refractivity contribution in [3.8, 4) is 17.7 Å². The average molecular weight is 400 g/mol. The van der Waals surface area contributed by atoms with Crippen LogP contribution in [0.5, 0.6) is 11.6 Å². The Hall–Kier alpha value is -3.18. The van der Waals surface area contributed by atoms with Gasteiger partial charge in [0.25, 0.3) is 5.56 Å². The second kappa shape index (κ2) is 8.45. The number of pyridine rings is 1. The fourth-order valence-electron chi connectivity index (χ4n) is 3.39. The average Bonchev–Trinajstić information content (AvgIpc) is 3.20. The monoisotopic (exact) mass is 400 g/mol. The van der Waals surface area contributed by atoms with Crippen LogP contribution >= 0.6 is 0 Å². The summed E-state index contributed by atoms with van der Waals surface area (Å²) < 4.78 is 25.8. The van der Waals surface area contributed by atoms with Gasteiger partial charge >= 0.3 is 0 Å². The molecule has 7 nitrogen and oxygen atoms in total. The van der Waals surface area contributed by atoms with Crippen molar-refractivity contribution in [2.75, 3.05) is 6.61 Å². The normalized spacial score (nSPS) is 17.0. The van der Waals surface area contributed by atoms with E-state index >= 15 is 0 Å². The number of nitrogens with zero attached hydrogens (tertiary/aromatic N) is 2. The first-order chi connectivity index (χ1) is 13.8. The topological polar surface area (TPSA) is 102 Å². The summed E-state index contributed by atoms with van der Waals surface area (Å²) in [7, 11) is 0. The molecule has 152 valence electrons. The van der Waals surface area contributed by atoms with Crippen molar-refractivity contribution < 1.29 is 23.8 Å². The number of hydrogen-bond donors (Lipinski definition) is 1. The predicted octanol–water partition coefficient (Wildman–Crippen LogP) is 2.70. The molecular weight excluding hydrogens is 379 g/mol. The van der Waals surface area contributed by atoms with Gasteiger partial charge in [0.2, 0.25) is 11.7 Å². The summed E-state index contributed by atoms with van der Waals surface area (Å²) in [6.45, 7) is 3.41. The van der Waals surface area contributed by atoms with Crippen LogP contribution in [0.2, 0.25) is 0 Å². The van der Waals surface area contributed by atoms with Gasteiger partial charge in [-0.15, -0.1) is 0 Å². The van der Waals surface area contributed by atoms with Crippen molar-refractivity contribution >= 4 is 5.78 Å². The summed E-state index contributed by atoms with van der Waals surface area (Å²) in [6.07, 6.45) is 0.0911. The zero-order valence-electron chi connectivity index (χ0n) is 16.1. The van der Waals surface area contributed by atoms with Crippen LogP contribution in [0.4, 0.5) is 4.39 Å². The number of rotatable bonds is 6.